The number of anilines is 1. The lowest BCUT2D eigenvalue weighted by Gasteiger charge is -2.28. The SMILES string of the molecule is CCOc1c(C)c(N(C(=N)N)C(=O)NC)c(C)c(OCC)c1OCC. The Balaban J connectivity index is 3.83. The molecule has 0 saturated carbocycles. The van der Waals surface area contributed by atoms with Crippen LogP contribution in [0.3, 0.4) is 0 Å². The molecule has 25 heavy (non-hydrogen) atoms. The van der Waals surface area contributed by atoms with Crippen LogP contribution in [0.2, 0.25) is 0 Å². The fourth-order valence-electron chi connectivity index (χ4n) is 2.63. The van der Waals surface area contributed by atoms with Gasteiger partial charge in [0.2, 0.25) is 11.7 Å². The predicted octanol–water partition coefficient (Wildman–Crippen LogP) is 2.54. The highest BCUT2D eigenvalue weighted by Gasteiger charge is 2.30. The van der Waals surface area contributed by atoms with Gasteiger partial charge in [-0.05, 0) is 34.6 Å². The Kier molecular flexibility index (Phi) is 7.35. The molecule has 0 radical (unpaired) electrons. The van der Waals surface area contributed by atoms with Crippen LogP contribution in [0.4, 0.5) is 10.5 Å². The molecule has 1 rings (SSSR count). The van der Waals surface area contributed by atoms with Gasteiger partial charge in [-0.15, -0.1) is 0 Å². The summed E-state index contributed by atoms with van der Waals surface area (Å²) in [6, 6.07) is -0.521. The van der Waals surface area contributed by atoms with Gasteiger partial charge in [0, 0.05) is 18.2 Å². The van der Waals surface area contributed by atoms with Gasteiger partial charge in [0.15, 0.2) is 11.5 Å². The summed E-state index contributed by atoms with van der Waals surface area (Å²) in [6.45, 7) is 10.4. The topological polar surface area (TPSA) is 110 Å². The second-order valence-electron chi connectivity index (χ2n) is 5.16. The number of ether oxygens (including phenoxy) is 3. The molecular weight excluding hydrogens is 324 g/mol. The molecule has 8 heteroatoms. The van der Waals surface area contributed by atoms with Crippen molar-refractivity contribution in [2.45, 2.75) is 34.6 Å². The first-order valence-corrected chi connectivity index (χ1v) is 8.26. The second-order valence-corrected chi connectivity index (χ2v) is 5.16. The van der Waals surface area contributed by atoms with Gasteiger partial charge in [-0.25, -0.2) is 9.69 Å². The summed E-state index contributed by atoms with van der Waals surface area (Å²) >= 11 is 0. The molecule has 140 valence electrons. The molecule has 0 aromatic heterocycles. The summed E-state index contributed by atoms with van der Waals surface area (Å²) in [6.07, 6.45) is 0. The van der Waals surface area contributed by atoms with Crippen molar-refractivity contribution in [3.8, 4) is 17.2 Å². The number of hydrogen-bond acceptors (Lipinski definition) is 5. The molecule has 0 spiro atoms. The number of nitrogens with one attached hydrogen (secondary N) is 2. The highest BCUT2D eigenvalue weighted by Crippen LogP contribution is 2.48. The maximum Gasteiger partial charge on any atom is 0.328 e. The van der Waals surface area contributed by atoms with Crippen LogP contribution in [0.15, 0.2) is 0 Å². The summed E-state index contributed by atoms with van der Waals surface area (Å²) in [4.78, 5) is 13.4. The number of amides is 2. The summed E-state index contributed by atoms with van der Waals surface area (Å²) in [5, 5.41) is 10.3. The predicted molar refractivity (Wildman–Crippen MR) is 98.3 cm³/mol. The summed E-state index contributed by atoms with van der Waals surface area (Å²) < 4.78 is 17.3. The van der Waals surface area contributed by atoms with E-state index in [1.54, 1.807) is 13.8 Å². The first kappa shape index (κ1) is 20.4. The summed E-state index contributed by atoms with van der Waals surface area (Å²) in [5.74, 6) is 1.04. The number of guanidine groups is 1. The van der Waals surface area contributed by atoms with Crippen molar-refractivity contribution in [1.82, 2.24) is 5.32 Å². The Bertz CT molecular complexity index is 613. The van der Waals surface area contributed by atoms with Crippen molar-refractivity contribution in [2.75, 3.05) is 31.8 Å². The van der Waals surface area contributed by atoms with Crippen molar-refractivity contribution < 1.29 is 19.0 Å². The van der Waals surface area contributed by atoms with E-state index < -0.39 is 12.0 Å². The molecule has 0 atom stereocenters. The van der Waals surface area contributed by atoms with Crippen molar-refractivity contribution >= 4 is 17.7 Å². The van der Waals surface area contributed by atoms with Gasteiger partial charge < -0.3 is 25.3 Å². The van der Waals surface area contributed by atoms with E-state index in [1.165, 1.54) is 7.05 Å². The molecule has 1 aromatic rings. The van der Waals surface area contributed by atoms with E-state index in [4.69, 9.17) is 25.4 Å². The van der Waals surface area contributed by atoms with Crippen LogP contribution in [0.5, 0.6) is 17.2 Å². The summed E-state index contributed by atoms with van der Waals surface area (Å²) in [7, 11) is 1.48. The van der Waals surface area contributed by atoms with Crippen molar-refractivity contribution in [1.29, 1.82) is 5.41 Å². The number of carbonyl (C=O) groups excluding carboxylic acids is 1. The molecular formula is C17H28N4O4. The number of rotatable bonds is 7. The maximum absolute atomic E-state index is 12.3. The first-order valence-electron chi connectivity index (χ1n) is 8.26. The van der Waals surface area contributed by atoms with Crippen LogP contribution in [-0.4, -0.2) is 38.9 Å². The molecule has 0 unspecified atom stereocenters. The molecule has 4 N–H and O–H groups in total. The maximum atomic E-state index is 12.3. The van der Waals surface area contributed by atoms with Gasteiger partial charge in [0.25, 0.3) is 0 Å². The van der Waals surface area contributed by atoms with Crippen LogP contribution < -0.4 is 30.2 Å². The van der Waals surface area contributed by atoms with Crippen LogP contribution in [0.1, 0.15) is 31.9 Å². The highest BCUT2D eigenvalue weighted by molar-refractivity contribution is 6.15. The molecule has 0 heterocycles. The minimum atomic E-state index is -0.521. The van der Waals surface area contributed by atoms with Crippen LogP contribution in [0, 0.1) is 19.3 Å². The molecule has 0 aliphatic heterocycles. The lowest BCUT2D eigenvalue weighted by Crippen LogP contribution is -2.46. The zero-order chi connectivity index (χ0) is 19.1. The van der Waals surface area contributed by atoms with Crippen LogP contribution in [0.25, 0.3) is 0 Å². The van der Waals surface area contributed by atoms with E-state index in [0.717, 1.165) is 4.90 Å². The van der Waals surface area contributed by atoms with Crippen molar-refractivity contribution in [2.24, 2.45) is 5.73 Å². The van der Waals surface area contributed by atoms with Gasteiger partial charge in [-0.3, -0.25) is 5.41 Å². The number of nitrogens with zero attached hydrogens (tertiary/aromatic N) is 1. The Morgan fingerprint density at radius 1 is 1.00 bits per heavy atom. The number of hydrogen-bond donors (Lipinski definition) is 3. The largest absolute Gasteiger partial charge is 0.489 e. The Morgan fingerprint density at radius 3 is 1.72 bits per heavy atom. The molecule has 0 bridgehead atoms. The second kappa shape index (κ2) is 9.00. The van der Waals surface area contributed by atoms with Crippen molar-refractivity contribution in [3.63, 3.8) is 0 Å². The van der Waals surface area contributed by atoms with Crippen LogP contribution >= 0.6 is 0 Å². The first-order chi connectivity index (χ1) is 11.8. The fraction of sp³-hybridized carbons (Fsp3) is 0.529. The molecule has 8 nitrogen and oxygen atoms in total. The molecule has 0 fully saturated rings. The fourth-order valence-corrected chi connectivity index (χ4v) is 2.63. The van der Waals surface area contributed by atoms with E-state index >= 15 is 0 Å². The molecule has 2 amide bonds. The van der Waals surface area contributed by atoms with Gasteiger partial charge in [-0.1, -0.05) is 0 Å². The van der Waals surface area contributed by atoms with Gasteiger partial charge in [0.05, 0.1) is 25.5 Å². The molecule has 0 aliphatic rings. The Labute approximate surface area is 148 Å². The quantitative estimate of drug-likeness (QED) is 0.516. The number of benzene rings is 1. The molecule has 0 saturated heterocycles. The number of nitrogens with two attached hydrogens (primary N) is 1. The average Bonchev–Trinajstić information content (AvgIpc) is 2.57. The number of urea groups is 1. The van der Waals surface area contributed by atoms with E-state index in [-0.39, 0.29) is 0 Å². The molecule has 0 aliphatic carbocycles. The average molecular weight is 352 g/mol. The van der Waals surface area contributed by atoms with E-state index in [0.29, 0.717) is 53.9 Å². The van der Waals surface area contributed by atoms with Crippen molar-refractivity contribution in [3.05, 3.63) is 11.1 Å². The minimum absolute atomic E-state index is 0.403. The lowest BCUT2D eigenvalue weighted by atomic mass is 10.0. The van der Waals surface area contributed by atoms with E-state index in [1.807, 2.05) is 20.8 Å². The third-order valence-electron chi connectivity index (χ3n) is 3.55. The lowest BCUT2D eigenvalue weighted by molar-refractivity contribution is 0.250. The zero-order valence-electron chi connectivity index (χ0n) is 15.8. The third-order valence-corrected chi connectivity index (χ3v) is 3.55. The Hall–Kier alpha value is -2.64. The standard InChI is InChI=1S/C17H28N4O4/c1-7-23-13-10(4)12(21(16(18)19)17(22)20-6)11(5)14(24-8-2)15(13)25-9-3/h7-9H2,1-6H3,(H3,18,19)(H,20,22). The van der Waals surface area contributed by atoms with Crippen LogP contribution in [-0.2, 0) is 0 Å². The van der Waals surface area contributed by atoms with E-state index in [2.05, 4.69) is 5.32 Å². The third kappa shape index (κ3) is 4.07. The summed E-state index contributed by atoms with van der Waals surface area (Å²) in [5.41, 5.74) is 7.40. The Morgan fingerprint density at radius 2 is 1.40 bits per heavy atom. The van der Waals surface area contributed by atoms with Gasteiger partial charge >= 0.3 is 6.03 Å². The minimum Gasteiger partial charge on any atom is -0.489 e. The zero-order valence-corrected chi connectivity index (χ0v) is 15.8. The van der Waals surface area contributed by atoms with Gasteiger partial charge in [-0.2, -0.15) is 0 Å². The normalized spacial score (nSPS) is 10.2. The smallest absolute Gasteiger partial charge is 0.328 e. The highest BCUT2D eigenvalue weighted by atomic mass is 16.5. The molecule has 1 aromatic carbocycles. The van der Waals surface area contributed by atoms with Gasteiger partial charge in [0.1, 0.15) is 0 Å². The number of carbonyl (C=O) groups is 1. The van der Waals surface area contributed by atoms with E-state index in [9.17, 15) is 4.79 Å². The monoisotopic (exact) mass is 352 g/mol.